The summed E-state index contributed by atoms with van der Waals surface area (Å²) in [6.45, 7) is 0.989. The maximum atomic E-state index is 11.2. The molecule has 2 aliphatic heterocycles. The zero-order valence-electron chi connectivity index (χ0n) is 14.0. The van der Waals surface area contributed by atoms with Crippen LogP contribution in [0.15, 0.2) is 41.3 Å². The number of benzene rings is 2. The molecule has 0 bridgehead atoms. The second kappa shape index (κ2) is 7.08. The predicted molar refractivity (Wildman–Crippen MR) is 101 cm³/mol. The van der Waals surface area contributed by atoms with E-state index in [1.165, 1.54) is 12.1 Å². The summed E-state index contributed by atoms with van der Waals surface area (Å²) < 4.78 is 12.0. The van der Waals surface area contributed by atoms with Gasteiger partial charge in [0.25, 0.3) is 5.69 Å². The summed E-state index contributed by atoms with van der Waals surface area (Å²) in [7, 11) is 0. The molecule has 0 spiro atoms. The molecule has 3 atom stereocenters. The number of fused-ring (bicyclic) bond motifs is 3. The number of ether oxygens (including phenoxy) is 2. The van der Waals surface area contributed by atoms with Crippen molar-refractivity contribution in [2.45, 2.75) is 23.1 Å². The molecular formula is C18H17ClN2O4S. The van der Waals surface area contributed by atoms with Crippen LogP contribution in [0, 0.1) is 10.1 Å². The van der Waals surface area contributed by atoms with Gasteiger partial charge in [0, 0.05) is 33.2 Å². The van der Waals surface area contributed by atoms with Crippen molar-refractivity contribution in [3.05, 3.63) is 62.7 Å². The zero-order chi connectivity index (χ0) is 18.3. The summed E-state index contributed by atoms with van der Waals surface area (Å²) in [5.41, 5.74) is 2.66. The predicted octanol–water partition coefficient (Wildman–Crippen LogP) is 4.59. The Balaban J connectivity index is 1.84. The Morgan fingerprint density at radius 1 is 1.23 bits per heavy atom. The third-order valence-electron chi connectivity index (χ3n) is 4.73. The van der Waals surface area contributed by atoms with Gasteiger partial charge in [0.1, 0.15) is 12.2 Å². The standard InChI is InChI=1S/C18H17ClN2O4S/c1-26-14-4-2-3-11-15(14)20-16(18-17(11)24-7-8-25-18)12-9-10(21(22)23)5-6-13(12)19/h2-6,9,16-18,20H,7-8H2,1H3/t16-,17?,18?/m0/s1. The maximum absolute atomic E-state index is 11.2. The number of hydrogen-bond acceptors (Lipinski definition) is 6. The Labute approximate surface area is 160 Å². The number of para-hydroxylation sites is 1. The molecular weight excluding hydrogens is 376 g/mol. The Morgan fingerprint density at radius 3 is 2.81 bits per heavy atom. The first-order chi connectivity index (χ1) is 12.6. The molecule has 0 radical (unpaired) electrons. The van der Waals surface area contributed by atoms with Crippen LogP contribution in [0.4, 0.5) is 11.4 Å². The molecule has 4 rings (SSSR count). The van der Waals surface area contributed by atoms with Gasteiger partial charge < -0.3 is 14.8 Å². The van der Waals surface area contributed by atoms with E-state index in [1.807, 2.05) is 24.5 Å². The Morgan fingerprint density at radius 2 is 2.04 bits per heavy atom. The van der Waals surface area contributed by atoms with Crippen molar-refractivity contribution in [2.75, 3.05) is 24.8 Å². The molecule has 0 aromatic heterocycles. The Hall–Kier alpha value is -1.80. The van der Waals surface area contributed by atoms with Crippen LogP contribution in [0.2, 0.25) is 5.02 Å². The van der Waals surface area contributed by atoms with Crippen LogP contribution in [0.25, 0.3) is 0 Å². The van der Waals surface area contributed by atoms with Gasteiger partial charge in [-0.05, 0) is 18.4 Å². The van der Waals surface area contributed by atoms with Gasteiger partial charge in [-0.1, -0.05) is 23.7 Å². The van der Waals surface area contributed by atoms with E-state index in [9.17, 15) is 10.1 Å². The molecule has 1 N–H and O–H groups in total. The Bertz CT molecular complexity index is 863. The monoisotopic (exact) mass is 392 g/mol. The Kier molecular flexibility index (Phi) is 4.79. The van der Waals surface area contributed by atoms with Crippen LogP contribution in [-0.2, 0) is 9.47 Å². The summed E-state index contributed by atoms with van der Waals surface area (Å²) in [6.07, 6.45) is 1.46. The highest BCUT2D eigenvalue weighted by Crippen LogP contribution is 2.48. The highest BCUT2D eigenvalue weighted by Gasteiger charge is 2.42. The second-order valence-corrected chi connectivity index (χ2v) is 7.39. The number of nitro groups is 1. The van der Waals surface area contributed by atoms with Gasteiger partial charge in [-0.3, -0.25) is 10.1 Å². The summed E-state index contributed by atoms with van der Waals surface area (Å²) in [5, 5.41) is 15.2. The molecule has 0 amide bonds. The number of thioether (sulfide) groups is 1. The third kappa shape index (κ3) is 2.95. The number of halogens is 1. The first kappa shape index (κ1) is 17.6. The molecule has 2 aromatic carbocycles. The van der Waals surface area contributed by atoms with E-state index in [-0.39, 0.29) is 23.9 Å². The summed E-state index contributed by atoms with van der Waals surface area (Å²) in [5.74, 6) is 0. The van der Waals surface area contributed by atoms with Crippen molar-refractivity contribution in [3.63, 3.8) is 0 Å². The second-order valence-electron chi connectivity index (χ2n) is 6.14. The maximum Gasteiger partial charge on any atom is 0.269 e. The normalized spacial score (nSPS) is 24.3. The lowest BCUT2D eigenvalue weighted by molar-refractivity contribution is -0.384. The van der Waals surface area contributed by atoms with Crippen LogP contribution < -0.4 is 5.32 Å². The number of anilines is 1. The lowest BCUT2D eigenvalue weighted by Gasteiger charge is -2.43. The summed E-state index contributed by atoms with van der Waals surface area (Å²) in [6, 6.07) is 10.2. The molecule has 2 aliphatic rings. The molecule has 2 aromatic rings. The third-order valence-corrected chi connectivity index (χ3v) is 5.85. The smallest absolute Gasteiger partial charge is 0.269 e. The fraction of sp³-hybridized carbons (Fsp3) is 0.333. The fourth-order valence-corrected chi connectivity index (χ4v) is 4.40. The van der Waals surface area contributed by atoms with E-state index in [2.05, 4.69) is 5.32 Å². The molecule has 136 valence electrons. The van der Waals surface area contributed by atoms with Gasteiger partial charge in [0.05, 0.1) is 29.9 Å². The lowest BCUT2D eigenvalue weighted by atomic mass is 9.87. The molecule has 2 heterocycles. The zero-order valence-corrected chi connectivity index (χ0v) is 15.5. The number of nitrogens with one attached hydrogen (secondary N) is 1. The highest BCUT2D eigenvalue weighted by atomic mass is 35.5. The first-order valence-corrected chi connectivity index (χ1v) is 9.81. The molecule has 26 heavy (non-hydrogen) atoms. The number of hydrogen-bond donors (Lipinski definition) is 1. The molecule has 1 fully saturated rings. The quantitative estimate of drug-likeness (QED) is 0.467. The van der Waals surface area contributed by atoms with Gasteiger partial charge in [-0.2, -0.15) is 0 Å². The van der Waals surface area contributed by atoms with Gasteiger partial charge >= 0.3 is 0 Å². The number of rotatable bonds is 3. The summed E-state index contributed by atoms with van der Waals surface area (Å²) >= 11 is 8.03. The highest BCUT2D eigenvalue weighted by molar-refractivity contribution is 7.98. The minimum Gasteiger partial charge on any atom is -0.374 e. The average Bonchev–Trinajstić information content (AvgIpc) is 2.67. The van der Waals surface area contributed by atoms with E-state index in [4.69, 9.17) is 21.1 Å². The average molecular weight is 393 g/mol. The van der Waals surface area contributed by atoms with Crippen molar-refractivity contribution in [3.8, 4) is 0 Å². The largest absolute Gasteiger partial charge is 0.374 e. The van der Waals surface area contributed by atoms with Gasteiger partial charge in [0.15, 0.2) is 0 Å². The summed E-state index contributed by atoms with van der Waals surface area (Å²) in [4.78, 5) is 11.9. The van der Waals surface area contributed by atoms with Crippen LogP contribution in [0.1, 0.15) is 23.3 Å². The first-order valence-electron chi connectivity index (χ1n) is 8.20. The van der Waals surface area contributed by atoms with E-state index < -0.39 is 4.92 Å². The van der Waals surface area contributed by atoms with E-state index >= 15 is 0 Å². The van der Waals surface area contributed by atoms with Crippen molar-refractivity contribution in [1.82, 2.24) is 0 Å². The van der Waals surface area contributed by atoms with E-state index in [1.54, 1.807) is 17.8 Å². The van der Waals surface area contributed by atoms with E-state index in [0.717, 1.165) is 16.1 Å². The van der Waals surface area contributed by atoms with Crippen molar-refractivity contribution in [2.24, 2.45) is 0 Å². The van der Waals surface area contributed by atoms with Crippen LogP contribution in [-0.4, -0.2) is 30.5 Å². The number of nitrogens with zero attached hydrogens (tertiary/aromatic N) is 1. The van der Waals surface area contributed by atoms with Gasteiger partial charge in [0.2, 0.25) is 0 Å². The lowest BCUT2D eigenvalue weighted by Crippen LogP contribution is -2.43. The SMILES string of the molecule is CSc1cccc2c1N[C@@H](c1cc([N+](=O)[O-])ccc1Cl)C1OCCOC21. The van der Waals surface area contributed by atoms with Crippen molar-refractivity contribution in [1.29, 1.82) is 0 Å². The molecule has 2 unspecified atom stereocenters. The molecule has 0 aliphatic carbocycles. The van der Waals surface area contributed by atoms with Crippen LogP contribution in [0.5, 0.6) is 0 Å². The molecule has 8 heteroatoms. The molecule has 6 nitrogen and oxygen atoms in total. The molecule has 0 saturated carbocycles. The van der Waals surface area contributed by atoms with Crippen LogP contribution in [0.3, 0.4) is 0 Å². The van der Waals surface area contributed by atoms with Crippen LogP contribution >= 0.6 is 23.4 Å². The van der Waals surface area contributed by atoms with Crippen molar-refractivity contribution >= 4 is 34.7 Å². The van der Waals surface area contributed by atoms with Gasteiger partial charge in [-0.25, -0.2) is 0 Å². The fourth-order valence-electron chi connectivity index (χ4n) is 3.56. The number of nitro benzene ring substituents is 1. The number of non-ortho nitro benzene ring substituents is 1. The minimum absolute atomic E-state index is 0.00317. The molecule has 1 saturated heterocycles. The van der Waals surface area contributed by atoms with E-state index in [0.29, 0.717) is 23.8 Å². The van der Waals surface area contributed by atoms with Gasteiger partial charge in [-0.15, -0.1) is 11.8 Å². The minimum atomic E-state index is -0.417. The van der Waals surface area contributed by atoms with Crippen molar-refractivity contribution < 1.29 is 14.4 Å². The topological polar surface area (TPSA) is 73.6 Å².